The molecule has 0 N–H and O–H groups in total. The SMILES string of the molecule is N#CC/C=C1\c2ccccc2CSc2ccccc21. The normalized spacial score (nSPS) is 15.2. The molecule has 0 unspecified atom stereocenters. The monoisotopic (exact) mass is 263 g/mol. The van der Waals surface area contributed by atoms with Crippen LogP contribution in [0, 0.1) is 11.3 Å². The van der Waals surface area contributed by atoms with Gasteiger partial charge in [-0.05, 0) is 28.3 Å². The Morgan fingerprint density at radius 1 is 1.05 bits per heavy atom. The van der Waals surface area contributed by atoms with Gasteiger partial charge in [-0.2, -0.15) is 5.26 Å². The molecule has 2 aromatic carbocycles. The third-order valence-corrected chi connectivity index (χ3v) is 4.39. The molecule has 0 radical (unpaired) electrons. The molecule has 0 atom stereocenters. The lowest BCUT2D eigenvalue weighted by atomic mass is 9.94. The van der Waals surface area contributed by atoms with Crippen LogP contribution in [-0.2, 0) is 5.75 Å². The molecule has 19 heavy (non-hydrogen) atoms. The van der Waals surface area contributed by atoms with Crippen LogP contribution in [0.1, 0.15) is 23.1 Å². The summed E-state index contributed by atoms with van der Waals surface area (Å²) in [5.41, 5.74) is 5.04. The van der Waals surface area contributed by atoms with Gasteiger partial charge in [-0.1, -0.05) is 48.5 Å². The van der Waals surface area contributed by atoms with Gasteiger partial charge in [0.1, 0.15) is 0 Å². The van der Waals surface area contributed by atoms with E-state index in [2.05, 4.69) is 54.6 Å². The van der Waals surface area contributed by atoms with Gasteiger partial charge in [-0.25, -0.2) is 0 Å². The average Bonchev–Trinajstić information content (AvgIpc) is 2.62. The molecule has 0 fully saturated rings. The molecule has 0 saturated carbocycles. The Balaban J connectivity index is 2.23. The second-order valence-electron chi connectivity index (χ2n) is 4.42. The van der Waals surface area contributed by atoms with Crippen LogP contribution in [0.2, 0.25) is 0 Å². The predicted octanol–water partition coefficient (Wildman–Crippen LogP) is 4.64. The number of nitriles is 1. The molecule has 0 aliphatic carbocycles. The summed E-state index contributed by atoms with van der Waals surface area (Å²) in [6, 6.07) is 19.1. The summed E-state index contributed by atoms with van der Waals surface area (Å²) in [5, 5.41) is 8.86. The Bertz CT molecular complexity index is 630. The van der Waals surface area contributed by atoms with E-state index in [4.69, 9.17) is 5.26 Å². The molecule has 0 spiro atoms. The topological polar surface area (TPSA) is 23.8 Å². The summed E-state index contributed by atoms with van der Waals surface area (Å²) < 4.78 is 0. The van der Waals surface area contributed by atoms with Gasteiger partial charge in [0, 0.05) is 10.6 Å². The van der Waals surface area contributed by atoms with Crippen LogP contribution < -0.4 is 0 Å². The first-order valence-corrected chi connectivity index (χ1v) is 7.26. The minimum atomic E-state index is 0.447. The third-order valence-electron chi connectivity index (χ3n) is 3.27. The Kier molecular flexibility index (Phi) is 3.39. The summed E-state index contributed by atoms with van der Waals surface area (Å²) >= 11 is 1.87. The lowest BCUT2D eigenvalue weighted by Crippen LogP contribution is -1.91. The quantitative estimate of drug-likeness (QED) is 0.748. The molecule has 2 aromatic rings. The van der Waals surface area contributed by atoms with Crippen LogP contribution in [0.25, 0.3) is 5.57 Å². The molecule has 0 bridgehead atoms. The van der Waals surface area contributed by atoms with Crippen molar-refractivity contribution in [1.82, 2.24) is 0 Å². The Morgan fingerprint density at radius 3 is 2.63 bits per heavy atom. The second-order valence-corrected chi connectivity index (χ2v) is 5.44. The highest BCUT2D eigenvalue weighted by molar-refractivity contribution is 7.98. The van der Waals surface area contributed by atoms with Crippen molar-refractivity contribution >= 4 is 17.3 Å². The summed E-state index contributed by atoms with van der Waals surface area (Å²) in [5.74, 6) is 0.983. The van der Waals surface area contributed by atoms with Crippen LogP contribution >= 0.6 is 11.8 Å². The molecule has 1 nitrogen and oxygen atoms in total. The van der Waals surface area contributed by atoms with Gasteiger partial charge in [0.25, 0.3) is 0 Å². The minimum absolute atomic E-state index is 0.447. The maximum Gasteiger partial charge on any atom is 0.0663 e. The molecule has 0 aromatic heterocycles. The molecule has 2 heteroatoms. The number of benzene rings is 2. The lowest BCUT2D eigenvalue weighted by molar-refractivity contribution is 1.32. The van der Waals surface area contributed by atoms with E-state index in [1.165, 1.54) is 27.2 Å². The zero-order chi connectivity index (χ0) is 13.1. The summed E-state index contributed by atoms with van der Waals surface area (Å²) in [7, 11) is 0. The van der Waals surface area contributed by atoms with Crippen LogP contribution in [-0.4, -0.2) is 0 Å². The summed E-state index contributed by atoms with van der Waals surface area (Å²) in [6.45, 7) is 0. The van der Waals surface area contributed by atoms with Gasteiger partial charge in [0.2, 0.25) is 0 Å². The minimum Gasteiger partial charge on any atom is -0.198 e. The van der Waals surface area contributed by atoms with Gasteiger partial charge in [-0.15, -0.1) is 11.8 Å². The Labute approximate surface area is 117 Å². The molecule has 1 heterocycles. The number of thioether (sulfide) groups is 1. The van der Waals surface area contributed by atoms with Gasteiger partial charge in [-0.3, -0.25) is 0 Å². The fourth-order valence-electron chi connectivity index (χ4n) is 2.39. The van der Waals surface area contributed by atoms with E-state index in [1.54, 1.807) is 0 Å². The van der Waals surface area contributed by atoms with Gasteiger partial charge in [0.15, 0.2) is 0 Å². The highest BCUT2D eigenvalue weighted by Gasteiger charge is 2.17. The Morgan fingerprint density at radius 2 is 1.79 bits per heavy atom. The Hall–Kier alpha value is -1.98. The van der Waals surface area contributed by atoms with Crippen LogP contribution in [0.3, 0.4) is 0 Å². The number of rotatable bonds is 1. The maximum atomic E-state index is 8.86. The third kappa shape index (κ3) is 2.30. The van der Waals surface area contributed by atoms with Crippen molar-refractivity contribution in [2.24, 2.45) is 0 Å². The standard InChI is InChI=1S/C17H13NS/c18-11-5-9-15-14-7-2-1-6-13(14)12-19-17-10-4-3-8-16(15)17/h1-4,6-10H,5,12H2/b15-9+. The van der Waals surface area contributed by atoms with E-state index in [1.807, 2.05) is 17.8 Å². The van der Waals surface area contributed by atoms with E-state index in [9.17, 15) is 0 Å². The fraction of sp³-hybridized carbons (Fsp3) is 0.118. The molecule has 0 amide bonds. The van der Waals surface area contributed by atoms with Crippen molar-refractivity contribution in [3.63, 3.8) is 0 Å². The van der Waals surface area contributed by atoms with E-state index >= 15 is 0 Å². The first-order chi connectivity index (χ1) is 9.40. The van der Waals surface area contributed by atoms with Crippen molar-refractivity contribution in [2.45, 2.75) is 17.1 Å². The van der Waals surface area contributed by atoms with Crippen LogP contribution in [0.4, 0.5) is 0 Å². The van der Waals surface area contributed by atoms with E-state index < -0.39 is 0 Å². The van der Waals surface area contributed by atoms with E-state index in [-0.39, 0.29) is 0 Å². The van der Waals surface area contributed by atoms with Crippen molar-refractivity contribution in [1.29, 1.82) is 5.26 Å². The highest BCUT2D eigenvalue weighted by Crippen LogP contribution is 2.39. The first-order valence-electron chi connectivity index (χ1n) is 6.28. The number of hydrogen-bond donors (Lipinski definition) is 0. The van der Waals surface area contributed by atoms with Gasteiger partial charge < -0.3 is 0 Å². The van der Waals surface area contributed by atoms with Crippen molar-refractivity contribution in [3.05, 3.63) is 71.3 Å². The first kappa shape index (κ1) is 12.1. The molecule has 0 saturated heterocycles. The van der Waals surface area contributed by atoms with Gasteiger partial charge >= 0.3 is 0 Å². The van der Waals surface area contributed by atoms with E-state index in [0.29, 0.717) is 6.42 Å². The second kappa shape index (κ2) is 5.34. The predicted molar refractivity (Wildman–Crippen MR) is 79.8 cm³/mol. The van der Waals surface area contributed by atoms with Crippen molar-refractivity contribution < 1.29 is 0 Å². The van der Waals surface area contributed by atoms with E-state index in [0.717, 1.165) is 5.75 Å². The summed E-state index contributed by atoms with van der Waals surface area (Å²) in [4.78, 5) is 1.29. The zero-order valence-electron chi connectivity index (χ0n) is 10.5. The molecule has 1 aliphatic rings. The molecule has 1 aliphatic heterocycles. The average molecular weight is 263 g/mol. The van der Waals surface area contributed by atoms with Crippen molar-refractivity contribution in [2.75, 3.05) is 0 Å². The van der Waals surface area contributed by atoms with Crippen molar-refractivity contribution in [3.8, 4) is 6.07 Å². The smallest absolute Gasteiger partial charge is 0.0663 e. The zero-order valence-corrected chi connectivity index (χ0v) is 11.3. The van der Waals surface area contributed by atoms with Crippen LogP contribution in [0.15, 0.2) is 59.5 Å². The maximum absolute atomic E-state index is 8.86. The molecular weight excluding hydrogens is 250 g/mol. The summed E-state index contributed by atoms with van der Waals surface area (Å²) in [6.07, 6.45) is 2.49. The number of fused-ring (bicyclic) bond motifs is 2. The highest BCUT2D eigenvalue weighted by atomic mass is 32.2. The molecule has 92 valence electrons. The molecule has 3 rings (SSSR count). The van der Waals surface area contributed by atoms with Gasteiger partial charge in [0.05, 0.1) is 12.5 Å². The number of hydrogen-bond acceptors (Lipinski definition) is 2. The van der Waals surface area contributed by atoms with Crippen LogP contribution in [0.5, 0.6) is 0 Å². The lowest BCUT2D eigenvalue weighted by Gasteiger charge is -2.10. The fourth-order valence-corrected chi connectivity index (χ4v) is 3.46. The number of nitrogens with zero attached hydrogens (tertiary/aromatic N) is 1. The molecular formula is C17H13NS. The number of allylic oxidation sites excluding steroid dienone is 1. The largest absolute Gasteiger partial charge is 0.198 e.